The maximum atomic E-state index is 13.9. The summed E-state index contributed by atoms with van der Waals surface area (Å²) < 4.78 is 11.3. The van der Waals surface area contributed by atoms with Crippen LogP contribution >= 0.6 is 11.6 Å². The molecule has 3 fully saturated rings. The van der Waals surface area contributed by atoms with E-state index < -0.39 is 46.9 Å². The van der Waals surface area contributed by atoms with Crippen molar-refractivity contribution in [1.82, 2.24) is 0 Å². The van der Waals surface area contributed by atoms with Crippen LogP contribution in [0.15, 0.2) is 23.8 Å². The lowest BCUT2D eigenvalue weighted by molar-refractivity contribution is -0.205. The Balaban J connectivity index is 1.79. The molecule has 198 valence electrons. The third-order valence-electron chi connectivity index (χ3n) is 9.65. The number of alkyl halides is 1. The summed E-state index contributed by atoms with van der Waals surface area (Å²) in [5.74, 6) is -2.44. The fraction of sp³-hybridized carbons (Fsp3) is 0.714. The molecule has 4 rings (SSSR count). The topological polar surface area (TPSA) is 107 Å². The van der Waals surface area contributed by atoms with E-state index in [4.69, 9.17) is 21.1 Å². The van der Waals surface area contributed by atoms with Crippen LogP contribution in [0.3, 0.4) is 0 Å². The average molecular weight is 521 g/mol. The van der Waals surface area contributed by atoms with Gasteiger partial charge in [0.1, 0.15) is 0 Å². The van der Waals surface area contributed by atoms with Crippen molar-refractivity contribution in [3.63, 3.8) is 0 Å². The molecule has 0 heterocycles. The van der Waals surface area contributed by atoms with E-state index >= 15 is 0 Å². The highest BCUT2D eigenvalue weighted by Gasteiger charge is 2.73. The second-order valence-electron chi connectivity index (χ2n) is 11.4. The van der Waals surface area contributed by atoms with Crippen molar-refractivity contribution < 1.29 is 33.8 Å². The number of Topliss-reactive ketones (excluding diaryl/α,β-unsaturated/α-hetero) is 1. The second-order valence-corrected chi connectivity index (χ2v) is 12.0. The van der Waals surface area contributed by atoms with E-state index in [0.29, 0.717) is 12.8 Å². The maximum absolute atomic E-state index is 13.9. The monoisotopic (exact) mass is 520 g/mol. The number of aliphatic hydroxyl groups is 1. The molecule has 1 N–H and O–H groups in total. The fourth-order valence-electron chi connectivity index (χ4n) is 8.04. The van der Waals surface area contributed by atoms with Crippen molar-refractivity contribution >= 4 is 35.1 Å². The summed E-state index contributed by atoms with van der Waals surface area (Å²) in [6, 6.07) is 0. The van der Waals surface area contributed by atoms with E-state index in [0.717, 1.165) is 5.57 Å². The molecule has 0 radical (unpaired) electrons. The summed E-state index contributed by atoms with van der Waals surface area (Å²) in [7, 11) is 0. The lowest BCUT2D eigenvalue weighted by Gasteiger charge is -2.61. The highest BCUT2D eigenvalue weighted by molar-refractivity contribution is 6.21. The molecule has 4 aliphatic carbocycles. The highest BCUT2D eigenvalue weighted by atomic mass is 35.5. The molecular weight excluding hydrogens is 484 g/mol. The molecule has 36 heavy (non-hydrogen) atoms. The number of hydrogen-bond donors (Lipinski definition) is 1. The summed E-state index contributed by atoms with van der Waals surface area (Å²) in [6.45, 7) is 8.69. The third-order valence-corrected chi connectivity index (χ3v) is 10.1. The molecular formula is C28H37ClO7. The highest BCUT2D eigenvalue weighted by Crippen LogP contribution is 2.69. The van der Waals surface area contributed by atoms with Gasteiger partial charge in [0.05, 0.1) is 6.10 Å². The van der Waals surface area contributed by atoms with Gasteiger partial charge >= 0.3 is 11.9 Å². The molecule has 0 unspecified atom stereocenters. The minimum Gasteiger partial charge on any atom is -0.457 e. The Morgan fingerprint density at radius 1 is 1.17 bits per heavy atom. The van der Waals surface area contributed by atoms with Crippen molar-refractivity contribution in [1.29, 1.82) is 0 Å². The number of ether oxygens (including phenoxy) is 2. The summed E-state index contributed by atoms with van der Waals surface area (Å²) in [5, 5.41) is 11.4. The van der Waals surface area contributed by atoms with E-state index in [1.165, 1.54) is 0 Å². The number of rotatable bonds is 6. The first-order valence-electron chi connectivity index (χ1n) is 13.0. The van der Waals surface area contributed by atoms with Gasteiger partial charge in [0.25, 0.3) is 0 Å². The standard InChI is InChI=1S/C28H37ClO7/c1-6-22(33)35-14-21(32)28(36-23(34)7-2)15(3)10-18-24-19(29)12-16-11-17(30)8-9-26(16,4)25(24)20(31)13-27(18,28)5/h8-9,11,15,18-20,24-25,31H,6-7,10,12-14H2,1-5H3/t15-,18+,19-,20+,24-,25-,26+,27+,28+/m1/s1. The largest absolute Gasteiger partial charge is 0.457 e. The number of ketones is 2. The first-order chi connectivity index (χ1) is 16.9. The molecule has 0 aromatic carbocycles. The second kappa shape index (κ2) is 9.39. The van der Waals surface area contributed by atoms with Crippen LogP contribution in [0.1, 0.15) is 66.7 Å². The Morgan fingerprint density at radius 3 is 2.47 bits per heavy atom. The summed E-state index contributed by atoms with van der Waals surface area (Å²) in [4.78, 5) is 50.5. The Labute approximate surface area is 217 Å². The van der Waals surface area contributed by atoms with Crippen LogP contribution in [0.4, 0.5) is 0 Å². The first kappa shape index (κ1) is 27.1. The Morgan fingerprint density at radius 2 is 1.83 bits per heavy atom. The number of hydrogen-bond acceptors (Lipinski definition) is 7. The molecule has 9 atom stereocenters. The molecule has 0 aromatic rings. The molecule has 4 aliphatic rings. The van der Waals surface area contributed by atoms with Gasteiger partial charge in [-0.05, 0) is 43.3 Å². The predicted molar refractivity (Wildman–Crippen MR) is 133 cm³/mol. The van der Waals surface area contributed by atoms with Crippen molar-refractivity contribution in [2.75, 3.05) is 6.61 Å². The smallest absolute Gasteiger partial charge is 0.306 e. The molecule has 8 heteroatoms. The van der Waals surface area contributed by atoms with Gasteiger partial charge in [-0.25, -0.2) is 0 Å². The van der Waals surface area contributed by atoms with Crippen LogP contribution in [0.2, 0.25) is 0 Å². The first-order valence-corrected chi connectivity index (χ1v) is 13.5. The number of fused-ring (bicyclic) bond motifs is 5. The van der Waals surface area contributed by atoms with Gasteiger partial charge in [-0.2, -0.15) is 0 Å². The van der Waals surface area contributed by atoms with Crippen molar-refractivity contribution in [2.24, 2.45) is 34.5 Å². The zero-order valence-corrected chi connectivity index (χ0v) is 22.5. The normalized spacial score (nSPS) is 43.1. The fourth-order valence-corrected chi connectivity index (χ4v) is 8.54. The van der Waals surface area contributed by atoms with Gasteiger partial charge in [0.2, 0.25) is 5.78 Å². The van der Waals surface area contributed by atoms with Crippen LogP contribution in [0.5, 0.6) is 0 Å². The molecule has 0 aromatic heterocycles. The van der Waals surface area contributed by atoms with Crippen LogP contribution in [0, 0.1) is 34.5 Å². The van der Waals surface area contributed by atoms with E-state index in [2.05, 4.69) is 0 Å². The van der Waals surface area contributed by atoms with Gasteiger partial charge in [-0.15, -0.1) is 11.6 Å². The SMILES string of the molecule is CCC(=O)OCC(=O)[C@@]1(OC(=O)CC)[C@H](C)C[C@H]2[C@H]3[C@@H]([C@@H](O)C[C@@]21C)[C@@]1(C)C=CC(=O)C=C1C[C@H]3Cl. The van der Waals surface area contributed by atoms with E-state index in [1.807, 2.05) is 26.8 Å². The van der Waals surface area contributed by atoms with Crippen LogP contribution in [0.25, 0.3) is 0 Å². The lowest BCUT2D eigenvalue weighted by Crippen LogP contribution is -2.65. The Hall–Kier alpha value is -1.99. The van der Waals surface area contributed by atoms with Gasteiger partial charge in [0, 0.05) is 40.9 Å². The predicted octanol–water partition coefficient (Wildman–Crippen LogP) is 3.94. The van der Waals surface area contributed by atoms with Gasteiger partial charge in [-0.1, -0.05) is 46.3 Å². The van der Waals surface area contributed by atoms with E-state index in [-0.39, 0.29) is 54.1 Å². The van der Waals surface area contributed by atoms with Crippen LogP contribution in [-0.2, 0) is 28.7 Å². The summed E-state index contributed by atoms with van der Waals surface area (Å²) >= 11 is 7.04. The van der Waals surface area contributed by atoms with Crippen molar-refractivity contribution in [3.8, 4) is 0 Å². The molecule has 0 saturated heterocycles. The minimum atomic E-state index is -1.54. The van der Waals surface area contributed by atoms with Gasteiger partial charge < -0.3 is 14.6 Å². The molecule has 0 aliphatic heterocycles. The summed E-state index contributed by atoms with van der Waals surface area (Å²) in [5.41, 5.74) is -2.06. The van der Waals surface area contributed by atoms with Gasteiger partial charge in [-0.3, -0.25) is 19.2 Å². The molecule has 3 saturated carbocycles. The molecule has 7 nitrogen and oxygen atoms in total. The lowest BCUT2D eigenvalue weighted by atomic mass is 9.46. The number of aliphatic hydroxyl groups excluding tert-OH is 1. The Kier molecular flexibility index (Phi) is 7.06. The zero-order chi connectivity index (χ0) is 26.6. The van der Waals surface area contributed by atoms with Crippen LogP contribution < -0.4 is 0 Å². The number of carbonyl (C=O) groups excluding carboxylic acids is 4. The average Bonchev–Trinajstić information content (AvgIpc) is 3.04. The third kappa shape index (κ3) is 3.80. The van der Waals surface area contributed by atoms with Crippen molar-refractivity contribution in [2.45, 2.75) is 83.8 Å². The van der Waals surface area contributed by atoms with Crippen LogP contribution in [-0.4, -0.2) is 52.3 Å². The number of esters is 2. The molecule has 0 bridgehead atoms. The quantitative estimate of drug-likeness (QED) is 0.417. The Bertz CT molecular complexity index is 1030. The summed E-state index contributed by atoms with van der Waals surface area (Å²) in [6.07, 6.45) is 5.79. The molecule has 0 spiro atoms. The number of allylic oxidation sites excluding steroid dienone is 4. The van der Waals surface area contributed by atoms with E-state index in [1.54, 1.807) is 26.0 Å². The number of carbonyl (C=O) groups is 4. The van der Waals surface area contributed by atoms with E-state index in [9.17, 15) is 24.3 Å². The van der Waals surface area contributed by atoms with Crippen molar-refractivity contribution in [3.05, 3.63) is 23.8 Å². The minimum absolute atomic E-state index is 0.0767. The maximum Gasteiger partial charge on any atom is 0.306 e. The van der Waals surface area contributed by atoms with Gasteiger partial charge in [0.15, 0.2) is 18.0 Å². The zero-order valence-electron chi connectivity index (χ0n) is 21.7. The molecule has 0 amide bonds. The number of halogens is 1.